The van der Waals surface area contributed by atoms with Crippen molar-refractivity contribution in [2.75, 3.05) is 36.4 Å². The largest absolute Gasteiger partial charge is 0.391 e. The van der Waals surface area contributed by atoms with Crippen LogP contribution in [0.15, 0.2) is 66.1 Å². The number of imide groups is 1. The van der Waals surface area contributed by atoms with Crippen LogP contribution in [-0.2, 0) is 16.6 Å². The first kappa shape index (κ1) is 45.1. The van der Waals surface area contributed by atoms with Gasteiger partial charge in [-0.1, -0.05) is 43.4 Å². The number of nitrogens with zero attached hydrogens (tertiary/aromatic N) is 13. The fourth-order valence-corrected chi connectivity index (χ4v) is 12.3. The first-order valence-electron chi connectivity index (χ1n) is 24.6. The monoisotopic (exact) mass is 947 g/mol. The number of carbonyl (C=O) groups is 2. The average Bonchev–Trinajstić information content (AvgIpc) is 4.15. The molecule has 2 saturated heterocycles. The van der Waals surface area contributed by atoms with Gasteiger partial charge in [0.15, 0.2) is 11.5 Å². The van der Waals surface area contributed by atoms with Gasteiger partial charge in [-0.15, -0.1) is 10.2 Å². The van der Waals surface area contributed by atoms with Crippen LogP contribution in [0.25, 0.3) is 39.3 Å². The molecule has 8 heterocycles. The van der Waals surface area contributed by atoms with Gasteiger partial charge >= 0.3 is 5.69 Å². The molecule has 1 aromatic carbocycles. The first-order valence-corrected chi connectivity index (χ1v) is 24.6. The highest BCUT2D eigenvalue weighted by Gasteiger charge is 2.47. The Kier molecular flexibility index (Phi) is 12.1. The maximum absolute atomic E-state index is 15.8. The van der Waals surface area contributed by atoms with Crippen molar-refractivity contribution in [3.8, 4) is 16.9 Å². The second-order valence-corrected chi connectivity index (χ2v) is 19.5. The van der Waals surface area contributed by atoms with E-state index in [1.165, 1.54) is 10.6 Å². The summed E-state index contributed by atoms with van der Waals surface area (Å²) in [5, 5.41) is 35.3. The highest BCUT2D eigenvalue weighted by molar-refractivity contribution is 6.10. The second kappa shape index (κ2) is 18.5. The van der Waals surface area contributed by atoms with Gasteiger partial charge in [0.1, 0.15) is 17.5 Å². The van der Waals surface area contributed by atoms with E-state index in [9.17, 15) is 19.5 Å². The zero-order valence-corrected chi connectivity index (χ0v) is 38.9. The Morgan fingerprint density at radius 2 is 1.72 bits per heavy atom. The fraction of sp³-hybridized carbons (Fsp3) is 0.542. The number of aliphatic hydroxyl groups excluding tert-OH is 1. The van der Waals surface area contributed by atoms with Gasteiger partial charge in [-0.2, -0.15) is 5.10 Å². The summed E-state index contributed by atoms with van der Waals surface area (Å²) < 4.78 is 40.0. The number of aromatic nitrogens is 10. The molecule has 3 N–H and O–H groups in total. The third-order valence-electron chi connectivity index (χ3n) is 15.6. The number of aliphatic hydroxyl groups is 1. The van der Waals surface area contributed by atoms with Crippen molar-refractivity contribution in [3.63, 3.8) is 0 Å². The second-order valence-electron chi connectivity index (χ2n) is 19.5. The summed E-state index contributed by atoms with van der Waals surface area (Å²) in [6.07, 6.45) is 16.6. The Morgan fingerprint density at radius 1 is 0.928 bits per heavy atom. The number of aryl methyl sites for hydroxylation is 1. The van der Waals surface area contributed by atoms with Crippen molar-refractivity contribution in [2.45, 2.75) is 127 Å². The van der Waals surface area contributed by atoms with Crippen LogP contribution in [0, 0.1) is 5.92 Å². The quantitative estimate of drug-likeness (QED) is 0.150. The van der Waals surface area contributed by atoms with Crippen molar-refractivity contribution in [1.82, 2.24) is 63.6 Å². The van der Waals surface area contributed by atoms with Gasteiger partial charge in [0.05, 0.1) is 65.5 Å². The molecular formula is C48H59F2N15O4. The lowest BCUT2D eigenvalue weighted by atomic mass is 9.85. The number of halogens is 2. The third kappa shape index (κ3) is 8.20. The minimum atomic E-state index is -2.61. The van der Waals surface area contributed by atoms with Gasteiger partial charge in [-0.25, -0.2) is 27.8 Å². The van der Waals surface area contributed by atoms with Crippen LogP contribution in [0.4, 0.5) is 20.3 Å². The molecule has 5 atom stereocenters. The number of alkyl halides is 2. The summed E-state index contributed by atoms with van der Waals surface area (Å²) in [5.41, 5.74) is 4.74. The number of nitrogens with one attached hydrogen (secondary N) is 2. The molecule has 0 bridgehead atoms. The van der Waals surface area contributed by atoms with Crippen LogP contribution in [0.1, 0.15) is 90.1 Å². The number of para-hydroxylation sites is 1. The summed E-state index contributed by atoms with van der Waals surface area (Å²) in [7, 11) is 1.70. The Labute approximate surface area is 396 Å². The summed E-state index contributed by atoms with van der Waals surface area (Å²) in [6.45, 7) is 4.36. The van der Waals surface area contributed by atoms with Crippen LogP contribution in [-0.4, -0.2) is 138 Å². The van der Waals surface area contributed by atoms with Crippen molar-refractivity contribution in [3.05, 3.63) is 71.8 Å². The maximum atomic E-state index is 15.8. The molecule has 5 aliphatic rings. The molecular weight excluding hydrogens is 889 g/mol. The molecule has 364 valence electrons. The Hall–Kier alpha value is -6.32. The van der Waals surface area contributed by atoms with E-state index in [-0.39, 0.29) is 30.1 Å². The van der Waals surface area contributed by atoms with Crippen molar-refractivity contribution in [2.24, 2.45) is 13.0 Å². The topological polar surface area (TPSA) is 194 Å². The van der Waals surface area contributed by atoms with E-state index in [0.717, 1.165) is 69.9 Å². The Bertz CT molecular complexity index is 2960. The molecule has 21 heteroatoms. The molecule has 2 saturated carbocycles. The molecule has 3 aliphatic heterocycles. The van der Waals surface area contributed by atoms with E-state index in [4.69, 9.17) is 10.2 Å². The van der Waals surface area contributed by atoms with Gasteiger partial charge in [0.2, 0.25) is 5.91 Å². The fourth-order valence-electron chi connectivity index (χ4n) is 12.3. The summed E-state index contributed by atoms with van der Waals surface area (Å²) in [4.78, 5) is 49.4. The SMILES string of the molecule is C[C@H]1C(C(F)F)N([C@@H](C2CCCCC2)n2cc(-n3nncc3-c3c(NC4CCCC[C@@H]4O)nn4cccnc34)cn2)CCN1C1CCN(c2cccc3c2n(C)c(=O)n3C2=CC(=O)NC(=O)C2)CC1. The van der Waals surface area contributed by atoms with Gasteiger partial charge < -0.3 is 15.3 Å². The number of rotatable bonds is 11. The molecule has 0 spiro atoms. The number of anilines is 2. The molecule has 5 aromatic heterocycles. The van der Waals surface area contributed by atoms with E-state index >= 15 is 8.78 Å². The average molecular weight is 948 g/mol. The van der Waals surface area contributed by atoms with E-state index in [1.54, 1.807) is 39.4 Å². The number of imidazole rings is 1. The van der Waals surface area contributed by atoms with Crippen LogP contribution in [0.3, 0.4) is 0 Å². The predicted octanol–water partition coefficient (Wildman–Crippen LogP) is 4.82. The molecule has 11 rings (SSSR count). The molecule has 6 aromatic rings. The van der Waals surface area contributed by atoms with E-state index in [2.05, 4.69) is 35.7 Å². The minimum absolute atomic E-state index is 0.0783. The van der Waals surface area contributed by atoms with Crippen molar-refractivity contribution < 1.29 is 23.5 Å². The van der Waals surface area contributed by atoms with Crippen molar-refractivity contribution >= 4 is 45.7 Å². The zero-order valence-electron chi connectivity index (χ0n) is 38.9. The molecule has 0 radical (unpaired) electrons. The number of carbonyl (C=O) groups excluding carboxylic acids is 2. The smallest absolute Gasteiger partial charge is 0.333 e. The molecule has 69 heavy (non-hydrogen) atoms. The number of piperazine rings is 1. The van der Waals surface area contributed by atoms with Gasteiger partial charge in [0, 0.05) is 69.5 Å². The number of piperidine rings is 1. The number of amides is 2. The molecule has 2 amide bonds. The molecule has 2 unspecified atom stereocenters. The van der Waals surface area contributed by atoms with E-state index in [0.29, 0.717) is 77.7 Å². The van der Waals surface area contributed by atoms with Gasteiger partial charge in [-0.3, -0.25) is 38.5 Å². The Balaban J connectivity index is 0.846. The van der Waals surface area contributed by atoms with Crippen LogP contribution < -0.4 is 21.2 Å². The highest BCUT2D eigenvalue weighted by Crippen LogP contribution is 2.41. The zero-order chi connectivity index (χ0) is 47.5. The lowest BCUT2D eigenvalue weighted by Crippen LogP contribution is -2.65. The predicted molar refractivity (Wildman–Crippen MR) is 254 cm³/mol. The molecule has 4 fully saturated rings. The third-order valence-corrected chi connectivity index (χ3v) is 15.6. The van der Waals surface area contributed by atoms with Crippen LogP contribution >= 0.6 is 0 Å². The minimum Gasteiger partial charge on any atom is -0.391 e. The standard InChI is InChI=1S/C48H59F2N15O4/c1-29-42(44(49)50)61(23-22-60(29)31-16-20-59(21-17-31)35-13-8-14-36-43(35)58(2)48(69)64(36)32-24-39(67)55-40(68)25-32)47(30-10-4-3-5-11-30)63-28-33(26-53-63)65-37(27-52-57-65)41-45(54-34-12-6-7-15-38(34)66)56-62-19-9-18-51-46(41)62/h8-9,13-14,18-19,24,26-31,34,38,42,44,47,66H,3-7,10-12,15-17,20-23,25H2,1-2H3,(H,54,56)(H,55,67,68)/t29-,34?,38-,42?,47+/m0/s1. The van der Waals surface area contributed by atoms with Crippen LogP contribution in [0.5, 0.6) is 0 Å². The van der Waals surface area contributed by atoms with E-state index < -0.39 is 42.6 Å². The number of benzene rings is 1. The van der Waals surface area contributed by atoms with Gasteiger partial charge in [-0.05, 0) is 69.6 Å². The van der Waals surface area contributed by atoms with Gasteiger partial charge in [0.25, 0.3) is 12.3 Å². The normalized spacial score (nSPS) is 24.4. The maximum Gasteiger partial charge on any atom is 0.333 e. The molecule has 19 nitrogen and oxygen atoms in total. The van der Waals surface area contributed by atoms with Crippen LogP contribution in [0.2, 0.25) is 0 Å². The first-order chi connectivity index (χ1) is 33.5. The molecule has 2 aliphatic carbocycles. The summed E-state index contributed by atoms with van der Waals surface area (Å²) >= 11 is 0. The lowest BCUT2D eigenvalue weighted by Gasteiger charge is -2.53. The summed E-state index contributed by atoms with van der Waals surface area (Å²) in [6, 6.07) is 5.92. The summed E-state index contributed by atoms with van der Waals surface area (Å²) in [5.74, 6) is -0.327. The number of hydrogen-bond donors (Lipinski definition) is 3. The Morgan fingerprint density at radius 3 is 2.51 bits per heavy atom. The highest BCUT2D eigenvalue weighted by atomic mass is 19.3. The van der Waals surface area contributed by atoms with Crippen molar-refractivity contribution in [1.29, 1.82) is 0 Å². The lowest BCUT2D eigenvalue weighted by molar-refractivity contribution is -0.128. The number of fused-ring (bicyclic) bond motifs is 2. The number of hydrogen-bond acceptors (Lipinski definition) is 13. The van der Waals surface area contributed by atoms with E-state index in [1.807, 2.05) is 53.2 Å².